The third-order valence-electron chi connectivity index (χ3n) is 3.45. The smallest absolute Gasteiger partial charge is 0.227 e. The molecule has 5 nitrogen and oxygen atoms in total. The van der Waals surface area contributed by atoms with Crippen LogP contribution in [0.25, 0.3) is 0 Å². The molecule has 0 aliphatic heterocycles. The number of nitrogens with zero attached hydrogens (tertiary/aromatic N) is 2. The van der Waals surface area contributed by atoms with Gasteiger partial charge in [0.25, 0.3) is 0 Å². The number of hydrogen-bond donors (Lipinski definition) is 1. The topological polar surface area (TPSA) is 61.8 Å². The highest BCUT2D eigenvalue weighted by atomic mass is 32.2. The minimum Gasteiger partial charge on any atom is -0.309 e. The summed E-state index contributed by atoms with van der Waals surface area (Å²) in [5.74, 6) is -0.263. The highest BCUT2D eigenvalue weighted by molar-refractivity contribution is 7.88. The lowest BCUT2D eigenvalue weighted by Crippen LogP contribution is -2.40. The first kappa shape index (κ1) is 19.3. The fourth-order valence-electron chi connectivity index (χ4n) is 2.15. The molecule has 0 aliphatic rings. The van der Waals surface area contributed by atoms with E-state index in [1.165, 1.54) is 19.2 Å². The Bertz CT molecular complexity index is 707. The van der Waals surface area contributed by atoms with Gasteiger partial charge >= 0.3 is 0 Å². The molecule has 1 aromatic carbocycles. The standard InChI is InChI=1S/C16H24FN3O2S/c1-11(2)15(19-20(5)23(6,21)22)12(3)16(18-4)13-7-9-14(17)10-8-13/h7-11,19H,1-6H3/b15-12-,18-16?. The largest absolute Gasteiger partial charge is 0.309 e. The Labute approximate surface area is 137 Å². The minimum atomic E-state index is -3.37. The van der Waals surface area contributed by atoms with E-state index in [0.717, 1.165) is 27.5 Å². The van der Waals surface area contributed by atoms with Gasteiger partial charge in [0.1, 0.15) is 5.82 Å². The number of allylic oxidation sites excluding steroid dienone is 2. The van der Waals surface area contributed by atoms with Crippen molar-refractivity contribution in [1.29, 1.82) is 0 Å². The Morgan fingerprint density at radius 3 is 2.17 bits per heavy atom. The van der Waals surface area contributed by atoms with E-state index >= 15 is 0 Å². The average Bonchev–Trinajstić information content (AvgIpc) is 2.45. The average molecular weight is 341 g/mol. The molecule has 0 atom stereocenters. The molecule has 0 spiro atoms. The molecule has 0 unspecified atom stereocenters. The van der Waals surface area contributed by atoms with Crippen molar-refractivity contribution < 1.29 is 12.8 Å². The molecule has 1 rings (SSSR count). The normalized spacial score (nSPS) is 14.2. The molecule has 0 aromatic heterocycles. The van der Waals surface area contributed by atoms with Gasteiger partial charge in [0.2, 0.25) is 10.0 Å². The van der Waals surface area contributed by atoms with E-state index < -0.39 is 10.0 Å². The fourth-order valence-corrected chi connectivity index (χ4v) is 2.41. The maximum Gasteiger partial charge on any atom is 0.227 e. The summed E-state index contributed by atoms with van der Waals surface area (Å²) in [5.41, 5.74) is 5.93. The van der Waals surface area contributed by atoms with Crippen molar-refractivity contribution in [2.75, 3.05) is 20.4 Å². The third kappa shape index (κ3) is 5.14. The maximum atomic E-state index is 13.1. The van der Waals surface area contributed by atoms with Crippen LogP contribution in [0.5, 0.6) is 0 Å². The van der Waals surface area contributed by atoms with Gasteiger partial charge in [0, 0.05) is 25.4 Å². The summed E-state index contributed by atoms with van der Waals surface area (Å²) in [6, 6.07) is 6.05. The molecule has 0 amide bonds. The zero-order valence-corrected chi connectivity index (χ0v) is 15.2. The summed E-state index contributed by atoms with van der Waals surface area (Å²) in [7, 11) is -0.266. The lowest BCUT2D eigenvalue weighted by Gasteiger charge is -2.24. The SMILES string of the molecule is CN=C(/C(C)=C(\NN(C)S(C)(=O)=O)C(C)C)c1ccc(F)cc1. The predicted octanol–water partition coefficient (Wildman–Crippen LogP) is 2.57. The molecule has 0 heterocycles. The molecule has 7 heteroatoms. The van der Waals surface area contributed by atoms with Crippen LogP contribution in [0.2, 0.25) is 0 Å². The van der Waals surface area contributed by atoms with Gasteiger partial charge < -0.3 is 5.43 Å². The Kier molecular flexibility index (Phi) is 6.47. The van der Waals surface area contributed by atoms with Gasteiger partial charge in [-0.05, 0) is 42.7 Å². The minimum absolute atomic E-state index is 0.0522. The van der Waals surface area contributed by atoms with Gasteiger partial charge in [-0.15, -0.1) is 4.41 Å². The Balaban J connectivity index is 3.31. The van der Waals surface area contributed by atoms with Crippen LogP contribution in [0.3, 0.4) is 0 Å². The summed E-state index contributed by atoms with van der Waals surface area (Å²) in [6.07, 6.45) is 1.13. The summed E-state index contributed by atoms with van der Waals surface area (Å²) >= 11 is 0. The molecule has 0 fully saturated rings. The number of halogens is 1. The van der Waals surface area contributed by atoms with Crippen LogP contribution in [0.1, 0.15) is 26.3 Å². The van der Waals surface area contributed by atoms with Crippen molar-refractivity contribution >= 4 is 15.7 Å². The van der Waals surface area contributed by atoms with Crippen LogP contribution < -0.4 is 5.43 Å². The lowest BCUT2D eigenvalue weighted by atomic mass is 9.97. The quantitative estimate of drug-likeness (QED) is 0.639. The molecule has 0 bridgehead atoms. The Morgan fingerprint density at radius 2 is 1.78 bits per heavy atom. The van der Waals surface area contributed by atoms with Gasteiger partial charge in [-0.3, -0.25) is 4.99 Å². The zero-order valence-electron chi connectivity index (χ0n) is 14.4. The Hall–Kier alpha value is -1.73. The lowest BCUT2D eigenvalue weighted by molar-refractivity contribution is 0.389. The van der Waals surface area contributed by atoms with E-state index in [4.69, 9.17) is 0 Å². The number of aliphatic imine (C=N–C) groups is 1. The summed E-state index contributed by atoms with van der Waals surface area (Å²) in [4.78, 5) is 4.29. The number of sulfonamides is 1. The van der Waals surface area contributed by atoms with Gasteiger partial charge in [0.05, 0.1) is 12.0 Å². The number of hydrogen-bond acceptors (Lipinski definition) is 4. The molecule has 1 N–H and O–H groups in total. The highest BCUT2D eigenvalue weighted by Gasteiger charge is 2.18. The van der Waals surface area contributed by atoms with Crippen molar-refractivity contribution in [2.24, 2.45) is 10.9 Å². The van der Waals surface area contributed by atoms with Crippen LogP contribution in [0.4, 0.5) is 4.39 Å². The Morgan fingerprint density at radius 1 is 1.26 bits per heavy atom. The van der Waals surface area contributed by atoms with Crippen molar-refractivity contribution in [3.8, 4) is 0 Å². The molecule has 128 valence electrons. The molecule has 0 aliphatic carbocycles. The van der Waals surface area contributed by atoms with E-state index in [1.807, 2.05) is 20.8 Å². The molecule has 0 saturated carbocycles. The highest BCUT2D eigenvalue weighted by Crippen LogP contribution is 2.18. The second-order valence-electron chi connectivity index (χ2n) is 5.61. The number of benzene rings is 1. The summed E-state index contributed by atoms with van der Waals surface area (Å²) in [6.45, 7) is 5.78. The zero-order chi connectivity index (χ0) is 17.8. The van der Waals surface area contributed by atoms with Crippen molar-refractivity contribution in [2.45, 2.75) is 20.8 Å². The van der Waals surface area contributed by atoms with Crippen LogP contribution in [-0.4, -0.2) is 38.9 Å². The molecule has 0 saturated heterocycles. The van der Waals surface area contributed by atoms with Crippen LogP contribution in [0.15, 0.2) is 40.5 Å². The van der Waals surface area contributed by atoms with Crippen LogP contribution in [0, 0.1) is 11.7 Å². The molecule has 23 heavy (non-hydrogen) atoms. The molecule has 1 aromatic rings. The van der Waals surface area contributed by atoms with E-state index in [2.05, 4.69) is 10.4 Å². The van der Waals surface area contributed by atoms with Crippen LogP contribution in [-0.2, 0) is 10.0 Å². The van der Waals surface area contributed by atoms with Gasteiger partial charge in [0.15, 0.2) is 0 Å². The molecule has 0 radical (unpaired) electrons. The second kappa shape index (κ2) is 7.70. The first-order chi connectivity index (χ1) is 10.6. The van der Waals surface area contributed by atoms with Crippen LogP contribution >= 0.6 is 0 Å². The van der Waals surface area contributed by atoms with Crippen molar-refractivity contribution in [3.63, 3.8) is 0 Å². The van der Waals surface area contributed by atoms with E-state index in [0.29, 0.717) is 5.71 Å². The number of nitrogens with one attached hydrogen (secondary N) is 1. The fraction of sp³-hybridized carbons (Fsp3) is 0.438. The molecular weight excluding hydrogens is 317 g/mol. The van der Waals surface area contributed by atoms with Gasteiger partial charge in [-0.25, -0.2) is 12.8 Å². The number of rotatable bonds is 6. The second-order valence-corrected chi connectivity index (χ2v) is 7.63. The van der Waals surface area contributed by atoms with E-state index in [9.17, 15) is 12.8 Å². The van der Waals surface area contributed by atoms with E-state index in [-0.39, 0.29) is 11.7 Å². The van der Waals surface area contributed by atoms with Gasteiger partial charge in [-0.1, -0.05) is 13.8 Å². The first-order valence-corrected chi connectivity index (χ1v) is 9.07. The van der Waals surface area contributed by atoms with E-state index in [1.54, 1.807) is 19.2 Å². The van der Waals surface area contributed by atoms with Crippen molar-refractivity contribution in [3.05, 3.63) is 46.9 Å². The summed E-state index contributed by atoms with van der Waals surface area (Å²) < 4.78 is 37.4. The van der Waals surface area contributed by atoms with Gasteiger partial charge in [-0.2, -0.15) is 0 Å². The third-order valence-corrected chi connectivity index (χ3v) is 4.54. The predicted molar refractivity (Wildman–Crippen MR) is 92.1 cm³/mol. The summed E-state index contributed by atoms with van der Waals surface area (Å²) in [5, 5.41) is 0. The first-order valence-electron chi connectivity index (χ1n) is 7.22. The monoisotopic (exact) mass is 341 g/mol. The number of hydrazine groups is 1. The maximum absolute atomic E-state index is 13.1. The van der Waals surface area contributed by atoms with Crippen molar-refractivity contribution in [1.82, 2.24) is 9.84 Å². The molecular formula is C16H24FN3O2S.